The summed E-state index contributed by atoms with van der Waals surface area (Å²) in [6.07, 6.45) is 0.614. The van der Waals surface area contributed by atoms with E-state index in [0.717, 1.165) is 0 Å². The number of methoxy groups -OCH3 is 1. The number of amides is 1. The zero-order valence-electron chi connectivity index (χ0n) is 12.2. The van der Waals surface area contributed by atoms with Gasteiger partial charge in [-0.05, 0) is 25.1 Å². The van der Waals surface area contributed by atoms with E-state index in [1.807, 2.05) is 6.07 Å². The number of fused-ring (bicyclic) bond motifs is 1. The highest BCUT2D eigenvalue weighted by molar-refractivity contribution is 6.08. The Morgan fingerprint density at radius 3 is 2.73 bits per heavy atom. The molecule has 0 saturated carbocycles. The molecule has 114 valence electrons. The van der Waals surface area contributed by atoms with Gasteiger partial charge in [-0.25, -0.2) is 4.79 Å². The molecule has 2 heterocycles. The number of ether oxygens (including phenoxy) is 2. The Morgan fingerprint density at radius 2 is 2.05 bits per heavy atom. The Labute approximate surface area is 127 Å². The van der Waals surface area contributed by atoms with E-state index < -0.39 is 12.1 Å². The fraction of sp³-hybridized carbons (Fsp3) is 0.250. The van der Waals surface area contributed by atoms with Crippen LogP contribution in [-0.2, 0) is 9.53 Å². The number of esters is 1. The summed E-state index contributed by atoms with van der Waals surface area (Å²) in [5.41, 5.74) is 1.08. The lowest BCUT2D eigenvalue weighted by Gasteiger charge is -2.33. The monoisotopic (exact) mass is 301 g/mol. The predicted octanol–water partition coefficient (Wildman–Crippen LogP) is 2.17. The van der Waals surface area contributed by atoms with Gasteiger partial charge in [-0.15, -0.1) is 0 Å². The number of aryl methyl sites for hydroxylation is 1. The van der Waals surface area contributed by atoms with Gasteiger partial charge in [-0.2, -0.15) is 0 Å². The van der Waals surface area contributed by atoms with Gasteiger partial charge in [0.1, 0.15) is 11.5 Å². The molecule has 22 heavy (non-hydrogen) atoms. The number of rotatable bonds is 2. The van der Waals surface area contributed by atoms with Gasteiger partial charge < -0.3 is 18.8 Å². The van der Waals surface area contributed by atoms with Crippen LogP contribution in [0.1, 0.15) is 16.1 Å². The van der Waals surface area contributed by atoms with E-state index >= 15 is 0 Å². The number of carbonyl (C=O) groups excluding carboxylic acids is 2. The number of benzene rings is 1. The minimum absolute atomic E-state index is 0.0904. The van der Waals surface area contributed by atoms with Crippen LogP contribution in [-0.4, -0.2) is 31.6 Å². The van der Waals surface area contributed by atoms with Gasteiger partial charge in [0, 0.05) is 0 Å². The molecule has 1 aromatic heterocycles. The Bertz CT molecular complexity index is 721. The van der Waals surface area contributed by atoms with Crippen molar-refractivity contribution in [2.45, 2.75) is 13.0 Å². The molecule has 2 aromatic rings. The molecule has 6 nitrogen and oxygen atoms in total. The summed E-state index contributed by atoms with van der Waals surface area (Å²) in [6.45, 7) is 1.81. The standard InChI is InChI=1S/C16H15NO5/c1-10-11(7-8-21-10)15(18)17-9-14(16(19)20-2)22-13-6-4-3-5-12(13)17/h3-8,14H,9H2,1-2H3. The second-order valence-corrected chi connectivity index (χ2v) is 4.90. The number of hydrogen-bond acceptors (Lipinski definition) is 5. The highest BCUT2D eigenvalue weighted by Crippen LogP contribution is 2.34. The maximum Gasteiger partial charge on any atom is 0.348 e. The molecular formula is C16H15NO5. The van der Waals surface area contributed by atoms with Crippen LogP contribution < -0.4 is 9.64 Å². The molecule has 1 aliphatic heterocycles. The van der Waals surface area contributed by atoms with Gasteiger partial charge in [-0.3, -0.25) is 4.79 Å². The van der Waals surface area contributed by atoms with Crippen molar-refractivity contribution in [2.24, 2.45) is 0 Å². The number of carbonyl (C=O) groups is 2. The Morgan fingerprint density at radius 1 is 1.27 bits per heavy atom. The quantitative estimate of drug-likeness (QED) is 0.795. The smallest absolute Gasteiger partial charge is 0.348 e. The van der Waals surface area contributed by atoms with Crippen molar-refractivity contribution in [2.75, 3.05) is 18.6 Å². The third kappa shape index (κ3) is 2.32. The zero-order chi connectivity index (χ0) is 15.7. The molecule has 1 unspecified atom stereocenters. The number of para-hydroxylation sites is 2. The van der Waals surface area contributed by atoms with Crippen molar-refractivity contribution in [3.63, 3.8) is 0 Å². The van der Waals surface area contributed by atoms with Crippen molar-refractivity contribution in [1.29, 1.82) is 0 Å². The maximum absolute atomic E-state index is 12.8. The normalized spacial score (nSPS) is 16.6. The molecule has 0 spiro atoms. The SMILES string of the molecule is COC(=O)C1CN(C(=O)c2ccoc2C)c2ccccc2O1. The van der Waals surface area contributed by atoms with Crippen LogP contribution in [0.5, 0.6) is 5.75 Å². The summed E-state index contributed by atoms with van der Waals surface area (Å²) in [7, 11) is 1.29. The van der Waals surface area contributed by atoms with Crippen molar-refractivity contribution < 1.29 is 23.5 Å². The summed E-state index contributed by atoms with van der Waals surface area (Å²) in [5, 5.41) is 0. The molecule has 0 fully saturated rings. The van der Waals surface area contributed by atoms with Gasteiger partial charge in [0.2, 0.25) is 6.10 Å². The van der Waals surface area contributed by atoms with Crippen molar-refractivity contribution in [3.8, 4) is 5.75 Å². The lowest BCUT2D eigenvalue weighted by atomic mass is 10.1. The maximum atomic E-state index is 12.8. The highest BCUT2D eigenvalue weighted by Gasteiger charge is 2.35. The fourth-order valence-corrected chi connectivity index (χ4v) is 2.43. The van der Waals surface area contributed by atoms with Crippen LogP contribution in [0.25, 0.3) is 0 Å². The highest BCUT2D eigenvalue weighted by atomic mass is 16.6. The third-order valence-electron chi connectivity index (χ3n) is 3.57. The molecule has 1 atom stereocenters. The molecule has 0 bridgehead atoms. The Hall–Kier alpha value is -2.76. The van der Waals surface area contributed by atoms with Gasteiger partial charge >= 0.3 is 5.97 Å². The molecule has 0 saturated heterocycles. The predicted molar refractivity (Wildman–Crippen MR) is 78.0 cm³/mol. The molecule has 0 radical (unpaired) electrons. The van der Waals surface area contributed by atoms with E-state index in [1.165, 1.54) is 18.3 Å². The van der Waals surface area contributed by atoms with Crippen LogP contribution in [0, 0.1) is 6.92 Å². The first-order chi connectivity index (χ1) is 10.6. The van der Waals surface area contributed by atoms with Crippen LogP contribution in [0.15, 0.2) is 41.0 Å². The molecule has 0 aliphatic carbocycles. The average molecular weight is 301 g/mol. The average Bonchev–Trinajstić information content (AvgIpc) is 2.98. The van der Waals surface area contributed by atoms with E-state index in [-0.39, 0.29) is 12.5 Å². The van der Waals surface area contributed by atoms with E-state index in [1.54, 1.807) is 31.2 Å². The summed E-state index contributed by atoms with van der Waals surface area (Å²) >= 11 is 0. The minimum Gasteiger partial charge on any atom is -0.475 e. The molecule has 0 N–H and O–H groups in total. The number of furan rings is 1. The first-order valence-electron chi connectivity index (χ1n) is 6.81. The molecule has 1 aromatic carbocycles. The molecule has 3 rings (SSSR count). The first kappa shape index (κ1) is 14.2. The lowest BCUT2D eigenvalue weighted by Crippen LogP contribution is -2.47. The van der Waals surface area contributed by atoms with Gasteiger partial charge in [-0.1, -0.05) is 12.1 Å². The molecule has 1 amide bonds. The topological polar surface area (TPSA) is 69.0 Å². The van der Waals surface area contributed by atoms with E-state index in [2.05, 4.69) is 0 Å². The van der Waals surface area contributed by atoms with Crippen molar-refractivity contribution in [1.82, 2.24) is 0 Å². The fourth-order valence-electron chi connectivity index (χ4n) is 2.43. The van der Waals surface area contributed by atoms with Gasteiger partial charge in [0.15, 0.2) is 0 Å². The van der Waals surface area contributed by atoms with Crippen LogP contribution in [0.3, 0.4) is 0 Å². The largest absolute Gasteiger partial charge is 0.475 e. The second kappa shape index (κ2) is 5.55. The Balaban J connectivity index is 2.00. The first-order valence-corrected chi connectivity index (χ1v) is 6.81. The minimum atomic E-state index is -0.851. The Kier molecular flexibility index (Phi) is 3.58. The number of anilines is 1. The molecular weight excluding hydrogens is 286 g/mol. The summed E-state index contributed by atoms with van der Waals surface area (Å²) in [5.74, 6) is 0.245. The van der Waals surface area contributed by atoms with Crippen molar-refractivity contribution >= 4 is 17.6 Å². The van der Waals surface area contributed by atoms with Crippen LogP contribution in [0.4, 0.5) is 5.69 Å². The lowest BCUT2D eigenvalue weighted by molar-refractivity contribution is -0.148. The molecule has 6 heteroatoms. The second-order valence-electron chi connectivity index (χ2n) is 4.90. The third-order valence-corrected chi connectivity index (χ3v) is 3.57. The van der Waals surface area contributed by atoms with E-state index in [0.29, 0.717) is 22.8 Å². The van der Waals surface area contributed by atoms with Crippen LogP contribution >= 0.6 is 0 Å². The van der Waals surface area contributed by atoms with E-state index in [9.17, 15) is 9.59 Å². The van der Waals surface area contributed by atoms with Gasteiger partial charge in [0.05, 0.1) is 31.2 Å². The summed E-state index contributed by atoms with van der Waals surface area (Å²) in [4.78, 5) is 26.1. The van der Waals surface area contributed by atoms with E-state index in [4.69, 9.17) is 13.9 Å². The summed E-state index contributed by atoms with van der Waals surface area (Å²) in [6, 6.07) is 8.69. The van der Waals surface area contributed by atoms with Gasteiger partial charge in [0.25, 0.3) is 5.91 Å². The number of nitrogens with zero attached hydrogens (tertiary/aromatic N) is 1. The van der Waals surface area contributed by atoms with Crippen LogP contribution in [0.2, 0.25) is 0 Å². The molecule has 1 aliphatic rings. The summed E-state index contributed by atoms with van der Waals surface area (Å²) < 4.78 is 15.5. The zero-order valence-corrected chi connectivity index (χ0v) is 12.2. The van der Waals surface area contributed by atoms with Crippen molar-refractivity contribution in [3.05, 3.63) is 47.9 Å². The number of hydrogen-bond donors (Lipinski definition) is 0.